The Kier molecular flexibility index (Phi) is 10.2. The van der Waals surface area contributed by atoms with Crippen LogP contribution in [0.2, 0.25) is 0 Å². The third-order valence-electron chi connectivity index (χ3n) is 7.33. The van der Waals surface area contributed by atoms with Gasteiger partial charge in [-0.1, -0.05) is 30.3 Å². The number of carboxylic acids is 1. The van der Waals surface area contributed by atoms with E-state index in [0.717, 1.165) is 53.0 Å². The van der Waals surface area contributed by atoms with E-state index in [1.807, 2.05) is 44.2 Å². The van der Waals surface area contributed by atoms with Crippen LogP contribution in [-0.4, -0.2) is 36.1 Å². The van der Waals surface area contributed by atoms with Gasteiger partial charge in [0, 0.05) is 42.7 Å². The van der Waals surface area contributed by atoms with Crippen LogP contribution in [-0.2, 0) is 20.7 Å². The van der Waals surface area contributed by atoms with E-state index in [0.29, 0.717) is 25.5 Å². The summed E-state index contributed by atoms with van der Waals surface area (Å²) in [6, 6.07) is 17.7. The number of amides is 1. The molecular formula is C31H33N2NaO6. The van der Waals surface area contributed by atoms with Crippen molar-refractivity contribution in [2.45, 2.75) is 64.2 Å². The summed E-state index contributed by atoms with van der Waals surface area (Å²) >= 11 is 0. The average molecular weight is 553 g/mol. The van der Waals surface area contributed by atoms with Gasteiger partial charge in [0.25, 0.3) is 0 Å². The molecule has 3 atom stereocenters. The van der Waals surface area contributed by atoms with Crippen molar-refractivity contribution in [1.82, 2.24) is 10.3 Å². The number of aromatic nitrogens is 1. The van der Waals surface area contributed by atoms with Gasteiger partial charge < -0.3 is 29.4 Å². The summed E-state index contributed by atoms with van der Waals surface area (Å²) in [5, 5.41) is 14.0. The van der Waals surface area contributed by atoms with Crippen LogP contribution in [0.3, 0.4) is 0 Å². The summed E-state index contributed by atoms with van der Waals surface area (Å²) in [4.78, 5) is 27.2. The molecule has 5 rings (SSSR count). The number of hydrogen-bond acceptors (Lipinski definition) is 7. The molecule has 2 aliphatic rings. The monoisotopic (exact) mass is 552 g/mol. The number of ether oxygens (including phenoxy) is 3. The Morgan fingerprint density at radius 2 is 1.88 bits per heavy atom. The number of nitrogens with one attached hydrogen (secondary N) is 1. The Bertz CT molecular complexity index is 1350. The summed E-state index contributed by atoms with van der Waals surface area (Å²) in [7, 11) is 0. The summed E-state index contributed by atoms with van der Waals surface area (Å²) in [6.45, 7) is 4.66. The smallest absolute Gasteiger partial charge is 0.550 e. The molecule has 2 aromatic carbocycles. The maximum atomic E-state index is 11.4. The largest absolute Gasteiger partial charge is 1.00 e. The molecule has 0 radical (unpaired) electrons. The van der Waals surface area contributed by atoms with Crippen LogP contribution in [0.4, 0.5) is 0 Å². The minimum absolute atomic E-state index is 0. The van der Waals surface area contributed by atoms with Crippen molar-refractivity contribution in [3.05, 3.63) is 77.0 Å². The molecule has 0 bridgehead atoms. The van der Waals surface area contributed by atoms with E-state index in [9.17, 15) is 14.7 Å². The van der Waals surface area contributed by atoms with Crippen LogP contribution in [0, 0.1) is 6.92 Å². The second-order valence-electron chi connectivity index (χ2n) is 10.0. The summed E-state index contributed by atoms with van der Waals surface area (Å²) in [5.41, 5.74) is 6.31. The predicted molar refractivity (Wildman–Crippen MR) is 143 cm³/mol. The molecular weight excluding hydrogens is 519 g/mol. The fraction of sp³-hybridized carbons (Fsp3) is 0.387. The number of benzene rings is 2. The maximum Gasteiger partial charge on any atom is 1.00 e. The summed E-state index contributed by atoms with van der Waals surface area (Å²) < 4.78 is 17.8. The molecule has 1 amide bonds. The molecule has 1 aliphatic carbocycles. The number of carbonyl (C=O) groups excluding carboxylic acids is 2. The first-order chi connectivity index (χ1) is 18.9. The molecule has 0 spiro atoms. The number of fused-ring (bicyclic) bond motifs is 1. The summed E-state index contributed by atoms with van der Waals surface area (Å²) in [5.74, 6) is 0.215. The number of carboxylic acid groups (broad SMARTS) is 1. The van der Waals surface area contributed by atoms with Crippen LogP contribution in [0.1, 0.15) is 67.2 Å². The molecule has 8 nitrogen and oxygen atoms in total. The Labute approximate surface area is 256 Å². The number of carbonyl (C=O) groups is 2. The van der Waals surface area contributed by atoms with E-state index in [1.165, 1.54) is 5.56 Å². The first-order valence-corrected chi connectivity index (χ1v) is 13.5. The third-order valence-corrected chi connectivity index (χ3v) is 7.33. The van der Waals surface area contributed by atoms with Gasteiger partial charge >= 0.3 is 29.6 Å². The van der Waals surface area contributed by atoms with Crippen molar-refractivity contribution in [3.8, 4) is 22.8 Å². The van der Waals surface area contributed by atoms with Crippen LogP contribution in [0.5, 0.6) is 11.6 Å². The molecule has 1 saturated heterocycles. The maximum absolute atomic E-state index is 11.4. The number of aryl methyl sites for hydroxylation is 1. The number of hydrogen-bond donors (Lipinski definition) is 1. The third kappa shape index (κ3) is 7.04. The molecule has 2 heterocycles. The zero-order valence-electron chi connectivity index (χ0n) is 23.3. The minimum atomic E-state index is -1.14. The Hall–Kier alpha value is -2.91. The first kappa shape index (κ1) is 30.1. The van der Waals surface area contributed by atoms with E-state index < -0.39 is 12.1 Å². The van der Waals surface area contributed by atoms with E-state index in [2.05, 4.69) is 34.6 Å². The predicted octanol–water partition coefficient (Wildman–Crippen LogP) is 1.00. The van der Waals surface area contributed by atoms with Gasteiger partial charge in [0.2, 0.25) is 11.8 Å². The fourth-order valence-electron chi connectivity index (χ4n) is 5.43. The van der Waals surface area contributed by atoms with Crippen LogP contribution in [0.25, 0.3) is 11.1 Å². The number of pyridine rings is 1. The van der Waals surface area contributed by atoms with Gasteiger partial charge in [0.05, 0.1) is 12.1 Å². The van der Waals surface area contributed by atoms with E-state index in [4.69, 9.17) is 14.2 Å². The van der Waals surface area contributed by atoms with Gasteiger partial charge in [-0.25, -0.2) is 4.98 Å². The Morgan fingerprint density at radius 3 is 2.55 bits per heavy atom. The summed E-state index contributed by atoms with van der Waals surface area (Å²) in [6.07, 6.45) is 2.29. The Morgan fingerprint density at radius 1 is 1.07 bits per heavy atom. The fourth-order valence-corrected chi connectivity index (χ4v) is 5.43. The SMILES string of the molecule is CCO[C@@H](CC(=O)[O-])c1ccc(O[C@@H]2CCc3c(-c4ccc(OC[C@H]5CCC(=O)N5)nc4C)cccc32)cc1.[Na+]. The standard InChI is InChI=1S/C31H34N2O6.Na/c1-3-37-28(17-31(35)36)20-7-10-22(11-8-20)39-27-14-12-25-24(5-4-6-26(25)27)23-13-16-30(32-19(23)2)38-18-21-9-15-29(34)33-21;/h4-8,10-11,13,16,21,27-28H,3,9,12,14-15,17-18H2,1-2H3,(H,33,34)(H,35,36);/q;+1/p-1/t21-,27-,28+;/m1./s1. The molecule has 1 fully saturated rings. The van der Waals surface area contributed by atoms with E-state index in [-0.39, 0.29) is 54.0 Å². The molecule has 0 unspecified atom stereocenters. The van der Waals surface area contributed by atoms with Crippen LogP contribution in [0.15, 0.2) is 54.6 Å². The van der Waals surface area contributed by atoms with Crippen molar-refractivity contribution in [2.75, 3.05) is 13.2 Å². The number of rotatable bonds is 11. The van der Waals surface area contributed by atoms with Gasteiger partial charge in [0.15, 0.2) is 0 Å². The molecule has 40 heavy (non-hydrogen) atoms. The van der Waals surface area contributed by atoms with Gasteiger partial charge in [0.1, 0.15) is 18.5 Å². The van der Waals surface area contributed by atoms with E-state index in [1.54, 1.807) is 0 Å². The van der Waals surface area contributed by atoms with Gasteiger partial charge in [-0.3, -0.25) is 4.79 Å². The van der Waals surface area contributed by atoms with E-state index >= 15 is 0 Å². The van der Waals surface area contributed by atoms with Crippen molar-refractivity contribution in [2.24, 2.45) is 0 Å². The van der Waals surface area contributed by atoms with Crippen molar-refractivity contribution >= 4 is 11.9 Å². The first-order valence-electron chi connectivity index (χ1n) is 13.5. The zero-order valence-corrected chi connectivity index (χ0v) is 25.3. The second-order valence-corrected chi connectivity index (χ2v) is 10.0. The molecule has 1 aliphatic heterocycles. The molecule has 3 aromatic rings. The molecule has 1 aromatic heterocycles. The molecule has 204 valence electrons. The topological polar surface area (TPSA) is 110 Å². The zero-order chi connectivity index (χ0) is 27.4. The van der Waals surface area contributed by atoms with Crippen molar-refractivity contribution in [1.29, 1.82) is 0 Å². The number of nitrogens with zero attached hydrogens (tertiary/aromatic N) is 1. The van der Waals surface area contributed by atoms with Gasteiger partial charge in [-0.15, -0.1) is 0 Å². The normalized spacial score (nSPS) is 18.4. The van der Waals surface area contributed by atoms with Crippen molar-refractivity contribution < 1.29 is 58.5 Å². The quantitative estimate of drug-likeness (QED) is 0.354. The molecule has 9 heteroatoms. The van der Waals surface area contributed by atoms with Crippen molar-refractivity contribution in [3.63, 3.8) is 0 Å². The van der Waals surface area contributed by atoms with Crippen LogP contribution < -0.4 is 49.5 Å². The minimum Gasteiger partial charge on any atom is -0.550 e. The molecule has 0 saturated carbocycles. The molecule has 1 N–H and O–H groups in total. The van der Waals surface area contributed by atoms with Gasteiger partial charge in [-0.2, -0.15) is 0 Å². The Balaban J connectivity index is 0.00000370. The number of aliphatic carboxylic acids is 1. The van der Waals surface area contributed by atoms with Crippen LogP contribution >= 0.6 is 0 Å². The van der Waals surface area contributed by atoms with Gasteiger partial charge in [-0.05, 0) is 73.6 Å². The second kappa shape index (κ2) is 13.6. The average Bonchev–Trinajstić information content (AvgIpc) is 3.53.